The van der Waals surface area contributed by atoms with Crippen molar-refractivity contribution in [2.45, 2.75) is 25.2 Å². The van der Waals surface area contributed by atoms with Gasteiger partial charge >= 0.3 is 12.4 Å². The first-order valence-corrected chi connectivity index (χ1v) is 7.87. The molecule has 0 radical (unpaired) electrons. The van der Waals surface area contributed by atoms with Crippen LogP contribution in [0.2, 0.25) is 0 Å². The van der Waals surface area contributed by atoms with Gasteiger partial charge in [-0.15, -0.1) is 0 Å². The summed E-state index contributed by atoms with van der Waals surface area (Å²) < 4.78 is 79.1. The Hall–Kier alpha value is -2.32. The first-order chi connectivity index (χ1) is 12.1. The van der Waals surface area contributed by atoms with Crippen LogP contribution in [0.15, 0.2) is 42.6 Å². The highest BCUT2D eigenvalue weighted by molar-refractivity contribution is 5.41. The van der Waals surface area contributed by atoms with E-state index in [1.807, 2.05) is 30.3 Å². The molecule has 0 bridgehead atoms. The summed E-state index contributed by atoms with van der Waals surface area (Å²) in [4.78, 5) is 9.24. The van der Waals surface area contributed by atoms with E-state index in [4.69, 9.17) is 0 Å². The summed E-state index contributed by atoms with van der Waals surface area (Å²) in [6.45, 7) is -1.57. The average Bonchev–Trinajstić information content (AvgIpc) is 3.03. The molecule has 0 amide bonds. The third-order valence-corrected chi connectivity index (χ3v) is 4.57. The Labute approximate surface area is 145 Å². The molecule has 1 saturated heterocycles. The van der Waals surface area contributed by atoms with Crippen molar-refractivity contribution in [1.82, 2.24) is 9.97 Å². The summed E-state index contributed by atoms with van der Waals surface area (Å²) in [5.41, 5.74) is -2.84. The van der Waals surface area contributed by atoms with Crippen LogP contribution in [0.1, 0.15) is 17.8 Å². The van der Waals surface area contributed by atoms with Gasteiger partial charge in [0.25, 0.3) is 0 Å². The maximum Gasteiger partial charge on any atom is 0.404 e. The number of alkyl halides is 6. The second-order valence-corrected chi connectivity index (χ2v) is 6.24. The lowest BCUT2D eigenvalue weighted by Crippen LogP contribution is -2.51. The summed E-state index contributed by atoms with van der Waals surface area (Å²) in [6, 6.07) is 10.5. The van der Waals surface area contributed by atoms with Crippen LogP contribution in [0.5, 0.6) is 0 Å². The van der Waals surface area contributed by atoms with Crippen LogP contribution >= 0.6 is 0 Å². The Morgan fingerprint density at radius 2 is 1.62 bits per heavy atom. The van der Waals surface area contributed by atoms with Crippen molar-refractivity contribution >= 4 is 5.82 Å². The topological polar surface area (TPSA) is 29.0 Å². The fraction of sp³-hybridized carbons (Fsp3) is 0.412. The van der Waals surface area contributed by atoms with E-state index in [1.165, 1.54) is 12.3 Å². The predicted molar refractivity (Wildman–Crippen MR) is 82.7 cm³/mol. The van der Waals surface area contributed by atoms with E-state index in [-0.39, 0.29) is 12.4 Å². The quantitative estimate of drug-likeness (QED) is 0.746. The molecule has 140 valence electrons. The summed E-state index contributed by atoms with van der Waals surface area (Å²) >= 11 is 0. The van der Waals surface area contributed by atoms with Crippen molar-refractivity contribution in [2.24, 2.45) is 5.41 Å². The van der Waals surface area contributed by atoms with Crippen LogP contribution in [-0.4, -0.2) is 35.4 Å². The molecule has 0 unspecified atom stereocenters. The van der Waals surface area contributed by atoms with Gasteiger partial charge in [0.05, 0.1) is 0 Å². The molecular formula is C17H15F6N3. The van der Waals surface area contributed by atoms with E-state index >= 15 is 0 Å². The van der Waals surface area contributed by atoms with E-state index in [1.54, 1.807) is 0 Å². The molecular weight excluding hydrogens is 360 g/mol. The molecule has 0 aliphatic carbocycles. The fourth-order valence-electron chi connectivity index (χ4n) is 3.06. The molecule has 1 aromatic carbocycles. The monoisotopic (exact) mass is 375 g/mol. The molecule has 1 aromatic heterocycles. The summed E-state index contributed by atoms with van der Waals surface area (Å²) in [6.07, 6.45) is -10.1. The van der Waals surface area contributed by atoms with Gasteiger partial charge in [-0.25, -0.2) is 9.97 Å². The van der Waals surface area contributed by atoms with Crippen LogP contribution in [0.4, 0.5) is 32.2 Å². The molecule has 3 nitrogen and oxygen atoms in total. The Morgan fingerprint density at radius 3 is 2.19 bits per heavy atom. The fourth-order valence-corrected chi connectivity index (χ4v) is 3.06. The van der Waals surface area contributed by atoms with Crippen molar-refractivity contribution in [1.29, 1.82) is 0 Å². The van der Waals surface area contributed by atoms with Gasteiger partial charge in [-0.2, -0.15) is 26.3 Å². The second kappa shape index (κ2) is 6.44. The third-order valence-electron chi connectivity index (χ3n) is 4.57. The lowest BCUT2D eigenvalue weighted by Gasteiger charge is -2.33. The van der Waals surface area contributed by atoms with Gasteiger partial charge in [0, 0.05) is 25.7 Å². The van der Waals surface area contributed by atoms with Crippen molar-refractivity contribution in [3.05, 3.63) is 54.0 Å². The molecule has 2 heterocycles. The Balaban J connectivity index is 1.84. The molecule has 0 spiro atoms. The zero-order valence-electron chi connectivity index (χ0n) is 13.5. The standard InChI is InChI=1S/C17H15F6N3/c18-16(19,20)15(17(21,22)23)7-9-26(11-15)14-6-8-24-13(25-14)10-12-4-2-1-3-5-12/h1-6,8H,7,9-11H2. The number of halogens is 6. The number of hydrogen-bond acceptors (Lipinski definition) is 3. The Kier molecular flexibility index (Phi) is 4.58. The smallest absolute Gasteiger partial charge is 0.355 e. The maximum atomic E-state index is 13.2. The molecule has 0 saturated carbocycles. The SMILES string of the molecule is FC(F)(F)C1(C(F)(F)F)CCN(c2ccnc(Cc3ccccc3)n2)C1. The zero-order valence-corrected chi connectivity index (χ0v) is 13.5. The minimum absolute atomic E-state index is 0.0707. The molecule has 26 heavy (non-hydrogen) atoms. The van der Waals surface area contributed by atoms with Crippen molar-refractivity contribution < 1.29 is 26.3 Å². The number of rotatable bonds is 3. The lowest BCUT2D eigenvalue weighted by atomic mass is 9.85. The number of anilines is 1. The van der Waals surface area contributed by atoms with Crippen molar-refractivity contribution in [3.8, 4) is 0 Å². The van der Waals surface area contributed by atoms with E-state index in [0.717, 1.165) is 10.5 Å². The van der Waals surface area contributed by atoms with Crippen LogP contribution < -0.4 is 4.90 Å². The summed E-state index contributed by atoms with van der Waals surface area (Å²) in [5.74, 6) is 0.409. The largest absolute Gasteiger partial charge is 0.404 e. The average molecular weight is 375 g/mol. The van der Waals surface area contributed by atoms with Crippen LogP contribution in [0, 0.1) is 5.41 Å². The van der Waals surface area contributed by atoms with Gasteiger partial charge in [0.2, 0.25) is 0 Å². The lowest BCUT2D eigenvalue weighted by molar-refractivity contribution is -0.332. The predicted octanol–water partition coefficient (Wildman–Crippen LogP) is 4.39. The molecule has 3 rings (SSSR count). The first-order valence-electron chi connectivity index (χ1n) is 7.87. The van der Waals surface area contributed by atoms with Crippen LogP contribution in [0.3, 0.4) is 0 Å². The van der Waals surface area contributed by atoms with E-state index in [9.17, 15) is 26.3 Å². The third kappa shape index (κ3) is 3.34. The van der Waals surface area contributed by atoms with E-state index < -0.39 is 30.7 Å². The first kappa shape index (κ1) is 18.5. The second-order valence-electron chi connectivity index (χ2n) is 6.24. The number of hydrogen-bond donors (Lipinski definition) is 0. The van der Waals surface area contributed by atoms with Gasteiger partial charge < -0.3 is 4.90 Å². The highest BCUT2D eigenvalue weighted by Gasteiger charge is 2.72. The number of nitrogens with zero attached hydrogens (tertiary/aromatic N) is 3. The number of aromatic nitrogens is 2. The van der Waals surface area contributed by atoms with Crippen molar-refractivity contribution in [2.75, 3.05) is 18.0 Å². The molecule has 9 heteroatoms. The van der Waals surface area contributed by atoms with Crippen LogP contribution in [0.25, 0.3) is 0 Å². The molecule has 1 fully saturated rings. The van der Waals surface area contributed by atoms with Crippen molar-refractivity contribution in [3.63, 3.8) is 0 Å². The minimum atomic E-state index is -5.38. The maximum absolute atomic E-state index is 13.2. The normalized spacial score (nSPS) is 17.5. The summed E-state index contributed by atoms with van der Waals surface area (Å²) in [5, 5.41) is 0. The highest BCUT2D eigenvalue weighted by Crippen LogP contribution is 2.55. The molecule has 2 aromatic rings. The van der Waals surface area contributed by atoms with E-state index in [0.29, 0.717) is 12.2 Å². The summed E-state index contributed by atoms with van der Waals surface area (Å²) in [7, 11) is 0. The van der Waals surface area contributed by atoms with Gasteiger partial charge in [0.15, 0.2) is 5.41 Å². The van der Waals surface area contributed by atoms with Gasteiger partial charge in [-0.1, -0.05) is 30.3 Å². The molecule has 0 N–H and O–H groups in total. The zero-order chi connectivity index (χ0) is 19.0. The number of benzene rings is 1. The van der Waals surface area contributed by atoms with Gasteiger partial charge in [0.1, 0.15) is 11.6 Å². The minimum Gasteiger partial charge on any atom is -0.355 e. The van der Waals surface area contributed by atoms with E-state index in [2.05, 4.69) is 9.97 Å². The van der Waals surface area contributed by atoms with Gasteiger partial charge in [-0.3, -0.25) is 0 Å². The Bertz CT molecular complexity index is 743. The highest BCUT2D eigenvalue weighted by atomic mass is 19.4. The van der Waals surface area contributed by atoms with Crippen LogP contribution in [-0.2, 0) is 6.42 Å². The molecule has 1 aliphatic heterocycles. The molecule has 1 aliphatic rings. The Morgan fingerprint density at radius 1 is 0.962 bits per heavy atom. The van der Waals surface area contributed by atoms with Gasteiger partial charge in [-0.05, 0) is 18.1 Å². The molecule has 0 atom stereocenters.